The van der Waals surface area contributed by atoms with Gasteiger partial charge in [-0.25, -0.2) is 0 Å². The first kappa shape index (κ1) is 24.5. The third kappa shape index (κ3) is 14.4. The number of aliphatic carboxylic acids is 1. The van der Waals surface area contributed by atoms with Gasteiger partial charge in [-0.05, 0) is 0 Å². The Balaban J connectivity index is 3.89. The molecule has 27 heavy (non-hydrogen) atoms. The van der Waals surface area contributed by atoms with E-state index in [-0.39, 0.29) is 52.6 Å². The van der Waals surface area contributed by atoms with Gasteiger partial charge in [-0.15, -0.1) is 9.81 Å². The summed E-state index contributed by atoms with van der Waals surface area (Å²) in [6.07, 6.45) is 0.592. The zero-order valence-corrected chi connectivity index (χ0v) is 14.7. The monoisotopic (exact) mass is 390 g/mol. The van der Waals surface area contributed by atoms with Gasteiger partial charge in [0, 0.05) is 23.4 Å². The highest BCUT2D eigenvalue weighted by atomic mass is 16.5. The van der Waals surface area contributed by atoms with Gasteiger partial charge in [0.05, 0.1) is 52.6 Å². The second kappa shape index (κ2) is 15.7. The summed E-state index contributed by atoms with van der Waals surface area (Å²) in [5, 5.41) is 13.2. The Morgan fingerprint density at radius 3 is 1.74 bits per heavy atom. The Labute approximate surface area is 154 Å². The zero-order chi connectivity index (χ0) is 20.5. The largest absolute Gasteiger partial charge is 0.480 e. The molecule has 13 heteroatoms. The van der Waals surface area contributed by atoms with Gasteiger partial charge in [0.1, 0.15) is 6.29 Å². The number of rotatable bonds is 17. The van der Waals surface area contributed by atoms with Crippen LogP contribution < -0.4 is 0 Å². The molecule has 13 nitrogen and oxygen atoms in total. The van der Waals surface area contributed by atoms with Crippen LogP contribution in [0.15, 0.2) is 10.4 Å². The van der Waals surface area contributed by atoms with E-state index in [1.807, 2.05) is 0 Å². The van der Waals surface area contributed by atoms with Crippen LogP contribution in [-0.4, -0.2) is 105 Å². The first-order valence-corrected chi connectivity index (χ1v) is 7.91. The fourth-order valence-corrected chi connectivity index (χ4v) is 1.90. The van der Waals surface area contributed by atoms with Gasteiger partial charge in [-0.3, -0.25) is 24.2 Å². The summed E-state index contributed by atoms with van der Waals surface area (Å²) in [5.41, 5.74) is 0. The van der Waals surface area contributed by atoms with Crippen LogP contribution in [-0.2, 0) is 28.7 Å². The molecule has 0 rings (SSSR count). The second-order valence-electron chi connectivity index (χ2n) is 5.20. The van der Waals surface area contributed by atoms with Gasteiger partial charge in [0.15, 0.2) is 0 Å². The van der Waals surface area contributed by atoms with Crippen molar-refractivity contribution in [3.63, 3.8) is 0 Å². The van der Waals surface area contributed by atoms with E-state index in [1.54, 1.807) is 0 Å². The topological polar surface area (TPSA) is 172 Å². The molecule has 0 saturated carbocycles. The van der Waals surface area contributed by atoms with Gasteiger partial charge in [-0.2, -0.15) is 0 Å². The number of carboxylic acids is 1. The van der Waals surface area contributed by atoms with Crippen LogP contribution in [0.3, 0.4) is 0 Å². The summed E-state index contributed by atoms with van der Waals surface area (Å²) in [6.45, 7) is -0.0997. The molecule has 0 aromatic rings. The standard InChI is InChI=1S/C14H22N4O9/c19-4-1-17(9-12(20)15-24)2-5-26-7-8-27-6-3-18(11-14(22)23)10-13(21)16-25/h4H,1-3,5-11H2,(H,22,23). The lowest BCUT2D eigenvalue weighted by Gasteiger charge is -2.18. The Morgan fingerprint density at radius 2 is 1.30 bits per heavy atom. The first-order valence-electron chi connectivity index (χ1n) is 7.91. The van der Waals surface area contributed by atoms with E-state index in [4.69, 9.17) is 14.6 Å². The summed E-state index contributed by atoms with van der Waals surface area (Å²) < 4.78 is 10.5. The highest BCUT2D eigenvalue weighted by Crippen LogP contribution is 1.92. The van der Waals surface area contributed by atoms with E-state index in [9.17, 15) is 29.0 Å². The summed E-state index contributed by atoms with van der Waals surface area (Å²) in [6, 6.07) is 0. The maximum absolute atomic E-state index is 11.0. The number of carbonyl (C=O) groups is 4. The molecule has 0 aliphatic carbocycles. The van der Waals surface area contributed by atoms with Crippen molar-refractivity contribution >= 4 is 24.1 Å². The summed E-state index contributed by atoms with van der Waals surface area (Å²) >= 11 is 0. The zero-order valence-electron chi connectivity index (χ0n) is 14.7. The molecule has 0 aromatic heterocycles. The van der Waals surface area contributed by atoms with Gasteiger partial charge in [0.25, 0.3) is 11.8 Å². The molecular formula is C14H22N4O9. The van der Waals surface area contributed by atoms with Gasteiger partial charge in [-0.1, -0.05) is 0 Å². The summed E-state index contributed by atoms with van der Waals surface area (Å²) in [4.78, 5) is 65.8. The Bertz CT molecular complexity index is 515. The van der Waals surface area contributed by atoms with Crippen molar-refractivity contribution < 1.29 is 33.8 Å². The Hall–Kier alpha value is -2.48. The fourth-order valence-electron chi connectivity index (χ4n) is 1.90. The van der Waals surface area contributed by atoms with E-state index in [0.29, 0.717) is 6.29 Å². The van der Waals surface area contributed by atoms with Gasteiger partial charge >= 0.3 is 5.97 Å². The molecule has 1 N–H and O–H groups in total. The molecule has 0 heterocycles. The molecule has 0 atom stereocenters. The third-order valence-corrected chi connectivity index (χ3v) is 3.09. The molecule has 0 radical (unpaired) electrons. The van der Waals surface area contributed by atoms with E-state index in [0.717, 1.165) is 0 Å². The summed E-state index contributed by atoms with van der Waals surface area (Å²) in [5.74, 6) is -3.00. The van der Waals surface area contributed by atoms with Crippen LogP contribution in [0.4, 0.5) is 0 Å². The van der Waals surface area contributed by atoms with Gasteiger partial charge < -0.3 is 19.4 Å². The number of ether oxygens (including phenoxy) is 2. The smallest absolute Gasteiger partial charge is 0.317 e. The number of nitroso groups, excluding NO2 is 2. The fraction of sp³-hybridized carbons (Fsp3) is 0.714. The molecular weight excluding hydrogens is 368 g/mol. The van der Waals surface area contributed by atoms with Crippen molar-refractivity contribution in [2.24, 2.45) is 10.4 Å². The summed E-state index contributed by atoms with van der Waals surface area (Å²) in [7, 11) is 0. The average molecular weight is 390 g/mol. The van der Waals surface area contributed by atoms with Crippen molar-refractivity contribution in [3.8, 4) is 0 Å². The number of hydrogen-bond acceptors (Lipinski definition) is 10. The van der Waals surface area contributed by atoms with Gasteiger partial charge in [0.2, 0.25) is 0 Å². The molecule has 0 aromatic carbocycles. The van der Waals surface area contributed by atoms with Crippen molar-refractivity contribution in [1.29, 1.82) is 0 Å². The first-order chi connectivity index (χ1) is 12.9. The van der Waals surface area contributed by atoms with Crippen LogP contribution in [0.5, 0.6) is 0 Å². The van der Waals surface area contributed by atoms with Crippen LogP contribution in [0.1, 0.15) is 0 Å². The number of hydrogen-bond donors (Lipinski definition) is 1. The average Bonchev–Trinajstić information content (AvgIpc) is 2.62. The van der Waals surface area contributed by atoms with E-state index >= 15 is 0 Å². The molecule has 0 bridgehead atoms. The SMILES string of the molecule is O=CCN(CCOCCOCCN(CC(=O)O)CC(=O)N=O)CC(=O)N=O. The van der Waals surface area contributed by atoms with E-state index in [2.05, 4.69) is 10.4 Å². The minimum Gasteiger partial charge on any atom is -0.480 e. The third-order valence-electron chi connectivity index (χ3n) is 3.09. The quantitative estimate of drug-likeness (QED) is 0.174. The predicted octanol–water partition coefficient (Wildman–Crippen LogP) is -1.51. The minimum absolute atomic E-state index is 0.0328. The molecule has 2 amide bonds. The molecule has 0 saturated heterocycles. The number of carbonyl (C=O) groups excluding carboxylic acids is 3. The maximum Gasteiger partial charge on any atom is 0.317 e. The predicted molar refractivity (Wildman–Crippen MR) is 89.8 cm³/mol. The van der Waals surface area contributed by atoms with E-state index in [1.165, 1.54) is 9.80 Å². The number of amides is 2. The molecule has 0 aliphatic rings. The molecule has 0 fully saturated rings. The normalized spacial score (nSPS) is 10.7. The van der Waals surface area contributed by atoms with Crippen LogP contribution >= 0.6 is 0 Å². The molecule has 0 spiro atoms. The maximum atomic E-state index is 11.0. The molecule has 152 valence electrons. The van der Waals surface area contributed by atoms with Crippen molar-refractivity contribution in [1.82, 2.24) is 9.80 Å². The number of carboxylic acid groups (broad SMARTS) is 1. The lowest BCUT2D eigenvalue weighted by Crippen LogP contribution is -2.36. The highest BCUT2D eigenvalue weighted by Gasteiger charge is 2.14. The van der Waals surface area contributed by atoms with Crippen LogP contribution in [0.2, 0.25) is 0 Å². The van der Waals surface area contributed by atoms with Crippen LogP contribution in [0, 0.1) is 9.81 Å². The Kier molecular flexibility index (Phi) is 14.3. The van der Waals surface area contributed by atoms with Crippen molar-refractivity contribution in [2.45, 2.75) is 0 Å². The lowest BCUT2D eigenvalue weighted by molar-refractivity contribution is -0.138. The number of aldehydes is 1. The lowest BCUT2D eigenvalue weighted by atomic mass is 10.4. The van der Waals surface area contributed by atoms with Crippen LogP contribution in [0.25, 0.3) is 0 Å². The van der Waals surface area contributed by atoms with E-state index < -0.39 is 30.9 Å². The number of nitrogens with zero attached hydrogens (tertiary/aromatic N) is 4. The Morgan fingerprint density at radius 1 is 0.815 bits per heavy atom. The van der Waals surface area contributed by atoms with Crippen molar-refractivity contribution in [3.05, 3.63) is 9.81 Å². The highest BCUT2D eigenvalue weighted by molar-refractivity contribution is 5.79. The molecule has 0 aliphatic heterocycles. The molecule has 0 unspecified atom stereocenters. The minimum atomic E-state index is -1.15. The second-order valence-corrected chi connectivity index (χ2v) is 5.20. The van der Waals surface area contributed by atoms with Crippen molar-refractivity contribution in [2.75, 3.05) is 65.7 Å².